The minimum absolute atomic E-state index is 0.367. The number of nitrogens with one attached hydrogen (secondary N) is 2. The van der Waals surface area contributed by atoms with Crippen LogP contribution in [0, 0.1) is 11.7 Å². The summed E-state index contributed by atoms with van der Waals surface area (Å²) in [5.74, 6) is -7.70. The van der Waals surface area contributed by atoms with Crippen molar-refractivity contribution in [3.63, 3.8) is 0 Å². The molecule has 1 fully saturated rings. The van der Waals surface area contributed by atoms with Gasteiger partial charge in [0.1, 0.15) is 7.23 Å². The predicted molar refractivity (Wildman–Crippen MR) is 115 cm³/mol. The van der Waals surface area contributed by atoms with Gasteiger partial charge in [-0.25, -0.2) is 17.5 Å². The van der Waals surface area contributed by atoms with Crippen molar-refractivity contribution in [3.05, 3.63) is 23.9 Å². The van der Waals surface area contributed by atoms with E-state index < -0.39 is 140 Å². The zero-order valence-corrected chi connectivity index (χ0v) is 15.9. The number of carbonyl (C=O) groups is 1. The van der Waals surface area contributed by atoms with Crippen LogP contribution < -0.4 is 14.9 Å². The molecule has 3 atom stereocenters. The number of anilines is 2. The molecule has 1 saturated heterocycles. The van der Waals surface area contributed by atoms with E-state index in [0.717, 1.165) is 9.80 Å². The van der Waals surface area contributed by atoms with Gasteiger partial charge in [-0.1, -0.05) is 13.7 Å². The Morgan fingerprint density at radius 1 is 1.41 bits per heavy atom. The molecule has 2 rings (SSSR count). The lowest BCUT2D eigenvalue weighted by atomic mass is 10.2. The summed E-state index contributed by atoms with van der Waals surface area (Å²) in [6.45, 7) is -17.9. The fourth-order valence-corrected chi connectivity index (χ4v) is 2.97. The highest BCUT2D eigenvalue weighted by molar-refractivity contribution is 7.89. The first kappa shape index (κ1) is 8.09. The minimum atomic E-state index is -5.76. The summed E-state index contributed by atoms with van der Waals surface area (Å²) in [7, 11) is -5.76. The number of nitrogens with zero attached hydrogens (tertiary/aromatic N) is 2. The molecule has 0 saturated carbocycles. The van der Waals surface area contributed by atoms with Gasteiger partial charge >= 0.3 is 0 Å². The van der Waals surface area contributed by atoms with Gasteiger partial charge in [0.25, 0.3) is 0 Å². The first-order valence-corrected chi connectivity index (χ1v) is 9.67. The smallest absolute Gasteiger partial charge is 0.221 e. The van der Waals surface area contributed by atoms with Gasteiger partial charge in [0.2, 0.25) is 15.9 Å². The number of sulfonamides is 1. The van der Waals surface area contributed by atoms with Crippen molar-refractivity contribution < 1.29 is 45.1 Å². The first-order valence-electron chi connectivity index (χ1n) is 18.4. The van der Waals surface area contributed by atoms with Crippen LogP contribution in [0.5, 0.6) is 0 Å². The van der Waals surface area contributed by atoms with Crippen molar-refractivity contribution in [2.45, 2.75) is 33.4 Å². The molecule has 1 aliphatic heterocycles. The third kappa shape index (κ3) is 8.67. The summed E-state index contributed by atoms with van der Waals surface area (Å²) >= 11 is 0. The van der Waals surface area contributed by atoms with Crippen molar-refractivity contribution in [1.29, 1.82) is 0 Å². The molecule has 0 bridgehead atoms. The van der Waals surface area contributed by atoms with Crippen LogP contribution >= 0.6 is 0 Å². The van der Waals surface area contributed by atoms with Crippen molar-refractivity contribution in [3.8, 4) is 0 Å². The van der Waals surface area contributed by atoms with Crippen LogP contribution in [-0.4, -0.2) is 64.1 Å². The molecule has 0 aliphatic carbocycles. The van der Waals surface area contributed by atoms with Crippen LogP contribution in [0.25, 0.3) is 0 Å². The van der Waals surface area contributed by atoms with Crippen LogP contribution in [0.3, 0.4) is 0 Å². The van der Waals surface area contributed by atoms with E-state index in [2.05, 4.69) is 0 Å². The first-order chi connectivity index (χ1) is 21.8. The van der Waals surface area contributed by atoms with Crippen LogP contribution in [0.2, 0.25) is 2.82 Å². The highest BCUT2D eigenvalue weighted by Crippen LogP contribution is 2.23. The lowest BCUT2D eigenvalue weighted by Gasteiger charge is -2.36. The van der Waals surface area contributed by atoms with Gasteiger partial charge in [0.15, 0.2) is 1.41 Å². The maximum Gasteiger partial charge on any atom is 0.221 e. The second-order valence-electron chi connectivity index (χ2n) is 5.65. The number of hydrogen-bond acceptors (Lipinski definition) is 5. The zero-order chi connectivity index (χ0) is 38.6. The third-order valence-corrected chi connectivity index (χ3v) is 4.43. The normalized spacial score (nSPS) is 34.2. The van der Waals surface area contributed by atoms with Crippen LogP contribution in [0.15, 0.2) is 18.1 Å². The van der Waals surface area contributed by atoms with E-state index in [1.165, 1.54) is 0 Å². The summed E-state index contributed by atoms with van der Waals surface area (Å²) in [6, 6.07) is -3.34. The average Bonchev–Trinajstić information content (AvgIpc) is 2.92. The van der Waals surface area contributed by atoms with E-state index in [9.17, 15) is 17.6 Å². The third-order valence-electron chi connectivity index (χ3n) is 3.44. The lowest BCUT2D eigenvalue weighted by molar-refractivity contribution is -0.114. The molecule has 1 aliphatic rings. The molecule has 3 unspecified atom stereocenters. The fourth-order valence-electron chi connectivity index (χ4n) is 2.27. The van der Waals surface area contributed by atoms with E-state index in [1.807, 2.05) is 0 Å². The second kappa shape index (κ2) is 10.9. The molecule has 164 valence electrons. The summed E-state index contributed by atoms with van der Waals surface area (Å²) < 4.78 is 195. The highest BCUT2D eigenvalue weighted by Gasteiger charge is 2.18. The summed E-state index contributed by atoms with van der Waals surface area (Å²) in [4.78, 5) is 14.1. The zero-order valence-electron chi connectivity index (χ0n) is 35.1. The van der Waals surface area contributed by atoms with Crippen molar-refractivity contribution in [1.82, 2.24) is 9.62 Å². The molecular weight excluding hydrogens is 395 g/mol. The van der Waals surface area contributed by atoms with E-state index in [-0.39, 0.29) is 5.31 Å². The van der Waals surface area contributed by atoms with Crippen LogP contribution in [-0.2, 0) is 14.8 Å². The number of rotatable bonds is 10. The van der Waals surface area contributed by atoms with Crippen molar-refractivity contribution >= 4 is 27.3 Å². The molecule has 1 aromatic carbocycles. The van der Waals surface area contributed by atoms with Gasteiger partial charge in [-0.05, 0) is 43.4 Å². The molecule has 2 N–H and O–H groups in total. The monoisotopic (exact) mass is 448 g/mol. The molecule has 0 spiro atoms. The Bertz CT molecular complexity index is 1480. The van der Waals surface area contributed by atoms with E-state index in [1.54, 1.807) is 0 Å². The number of hydrogen-bond donors (Lipinski definition) is 2. The van der Waals surface area contributed by atoms with Gasteiger partial charge in [-0.15, -0.1) is 0 Å². The van der Waals surface area contributed by atoms with Crippen molar-refractivity contribution in [2.75, 3.05) is 55.1 Å². The highest BCUT2D eigenvalue weighted by atomic mass is 32.2. The summed E-state index contributed by atoms with van der Waals surface area (Å²) in [6.07, 6.45) is -0.836. The van der Waals surface area contributed by atoms with E-state index in [0.29, 0.717) is 0 Å². The topological polar surface area (TPSA) is 81.8 Å². The average molecular weight is 449 g/mol. The number of amides is 1. The summed E-state index contributed by atoms with van der Waals surface area (Å²) in [5.41, 5.74) is -6.10. The Morgan fingerprint density at radius 3 is 2.86 bits per heavy atom. The summed E-state index contributed by atoms with van der Waals surface area (Å²) in [5, 5.41) is -0.367. The van der Waals surface area contributed by atoms with Gasteiger partial charge in [-0.2, -0.15) is 0 Å². The molecule has 1 aromatic rings. The number of halogens is 1. The Labute approximate surface area is 201 Å². The van der Waals surface area contributed by atoms with Crippen molar-refractivity contribution in [2.24, 2.45) is 5.89 Å². The maximum absolute atomic E-state index is 14.9. The Morgan fingerprint density at radius 2 is 2.17 bits per heavy atom. The molecule has 0 aromatic heterocycles. The van der Waals surface area contributed by atoms with Gasteiger partial charge in [0, 0.05) is 71.5 Å². The van der Waals surface area contributed by atoms with Crippen LogP contribution in [0.4, 0.5) is 15.8 Å². The van der Waals surface area contributed by atoms with E-state index in [4.69, 9.17) is 27.5 Å². The molecular formula is C20H33FN4O3S. The largest absolute Gasteiger partial charge is 0.369 e. The van der Waals surface area contributed by atoms with Gasteiger partial charge < -0.3 is 10.2 Å². The predicted octanol–water partition coefficient (Wildman–Crippen LogP) is 2.26. The molecule has 1 amide bonds. The lowest BCUT2D eigenvalue weighted by Crippen LogP contribution is -2.46. The van der Waals surface area contributed by atoms with Gasteiger partial charge in [0.05, 0.1) is 9.82 Å². The molecule has 7 nitrogen and oxygen atoms in total. The SMILES string of the molecule is [2H]c1c(F)c([2H])c(N([2H])C(=O)C([2H])([2H])[2H])c([2H])c1N1CC([2H])N(C([2H])CCCN([2H])S(=O)(=O)C([2H])([2H])C([2H])(C([2H])([2H])[2H])C([2H])([2H])[2H])C([2H])C1. The molecule has 9 heteroatoms. The number of piperazine rings is 1. The van der Waals surface area contributed by atoms with Crippen LogP contribution in [0.1, 0.15) is 58.1 Å². The number of carbonyl (C=O) groups excluding carboxylic acids is 1. The Balaban J connectivity index is 2.27. The number of benzene rings is 1. The second-order valence-corrected chi connectivity index (χ2v) is 7.06. The van der Waals surface area contributed by atoms with Gasteiger partial charge in [-0.3, -0.25) is 9.69 Å². The standard InChI is InChI=1S/C20H33FN4O3S/c1-16(2)15-29(27,28)22-6-4-5-7-24-8-10-25(11-9-24)20-13-18(21)12-19(14-20)23-17(3)26/h12-14,16,22H,4-11,15H2,1-3H3,(H,23,26)/i1D3,2D3,3D3,7D,8D,9D,12D,13D,14D,15D2,16D/hD2. The minimum Gasteiger partial charge on any atom is -0.369 e. The van der Waals surface area contributed by atoms with E-state index >= 15 is 0 Å². The Kier molecular flexibility index (Phi) is 3.04. The molecule has 1 heterocycles. The Hall–Kier alpha value is -1.71. The fraction of sp³-hybridized carbons (Fsp3) is 0.650. The maximum atomic E-state index is 14.9. The quantitative estimate of drug-likeness (QED) is 0.574. The molecule has 0 radical (unpaired) electrons. The molecule has 29 heavy (non-hydrogen) atoms.